The molecule has 0 bridgehead atoms. The summed E-state index contributed by atoms with van der Waals surface area (Å²) in [6.45, 7) is 2.29. The predicted octanol–water partition coefficient (Wildman–Crippen LogP) is 3.33. The van der Waals surface area contributed by atoms with Crippen molar-refractivity contribution >= 4 is 40.8 Å². The summed E-state index contributed by atoms with van der Waals surface area (Å²) >= 11 is 7.76. The minimum absolute atomic E-state index is 0.0362. The van der Waals surface area contributed by atoms with Crippen molar-refractivity contribution in [3.63, 3.8) is 0 Å². The first kappa shape index (κ1) is 18.5. The second kappa shape index (κ2) is 7.92. The highest BCUT2D eigenvalue weighted by atomic mass is 35.5. The molecule has 0 N–H and O–H groups in total. The van der Waals surface area contributed by atoms with Gasteiger partial charge in [0, 0.05) is 37.1 Å². The zero-order chi connectivity index (χ0) is 18.7. The van der Waals surface area contributed by atoms with Crippen molar-refractivity contribution in [1.29, 1.82) is 0 Å². The van der Waals surface area contributed by atoms with Gasteiger partial charge in [0.1, 0.15) is 12.0 Å². The van der Waals surface area contributed by atoms with Crippen LogP contribution in [-0.2, 0) is 0 Å². The molecular formula is C17H17ClN4O3S. The Morgan fingerprint density at radius 2 is 1.96 bits per heavy atom. The average molecular weight is 393 g/mol. The fourth-order valence-corrected chi connectivity index (χ4v) is 3.42. The van der Waals surface area contributed by atoms with Gasteiger partial charge in [-0.1, -0.05) is 11.6 Å². The first-order chi connectivity index (χ1) is 12.5. The number of benzene rings is 1. The molecule has 0 aliphatic carbocycles. The third-order valence-electron chi connectivity index (χ3n) is 4.24. The lowest BCUT2D eigenvalue weighted by Gasteiger charge is -2.35. The van der Waals surface area contributed by atoms with Crippen LogP contribution in [0.1, 0.15) is 10.4 Å². The largest absolute Gasteiger partial charge is 0.353 e. The Bertz CT molecular complexity index is 823. The molecule has 3 rings (SSSR count). The second-order valence-corrected chi connectivity index (χ2v) is 7.04. The fraction of sp³-hybridized carbons (Fsp3) is 0.294. The molecule has 0 atom stereocenters. The molecule has 0 unspecified atom stereocenters. The zero-order valence-corrected chi connectivity index (χ0v) is 15.7. The summed E-state index contributed by atoms with van der Waals surface area (Å²) < 4.78 is 0. The minimum Gasteiger partial charge on any atom is -0.353 e. The summed E-state index contributed by atoms with van der Waals surface area (Å²) in [7, 11) is 0. The maximum Gasteiger partial charge on any atom is 0.287 e. The van der Waals surface area contributed by atoms with Crippen molar-refractivity contribution in [3.8, 4) is 0 Å². The Balaban J connectivity index is 1.66. The van der Waals surface area contributed by atoms with Gasteiger partial charge in [0.15, 0.2) is 0 Å². The summed E-state index contributed by atoms with van der Waals surface area (Å²) in [6.07, 6.45) is 3.20. The van der Waals surface area contributed by atoms with Crippen LogP contribution in [0.2, 0.25) is 5.02 Å². The number of anilines is 1. The van der Waals surface area contributed by atoms with Gasteiger partial charge in [-0.05, 0) is 30.5 Å². The average Bonchev–Trinajstić information content (AvgIpc) is 2.68. The van der Waals surface area contributed by atoms with Gasteiger partial charge < -0.3 is 9.80 Å². The van der Waals surface area contributed by atoms with E-state index in [4.69, 9.17) is 11.6 Å². The van der Waals surface area contributed by atoms with Gasteiger partial charge in [-0.2, -0.15) is 0 Å². The van der Waals surface area contributed by atoms with Gasteiger partial charge in [-0.15, -0.1) is 11.8 Å². The number of aromatic nitrogens is 1. The molecule has 9 heteroatoms. The number of hydrogen-bond donors (Lipinski definition) is 0. The Hall–Kier alpha value is -2.32. The number of thioether (sulfide) groups is 1. The van der Waals surface area contributed by atoms with Crippen molar-refractivity contribution in [2.24, 2.45) is 0 Å². The Morgan fingerprint density at radius 3 is 2.54 bits per heavy atom. The smallest absolute Gasteiger partial charge is 0.287 e. The van der Waals surface area contributed by atoms with Crippen molar-refractivity contribution in [2.45, 2.75) is 4.90 Å². The first-order valence-electron chi connectivity index (χ1n) is 7.98. The van der Waals surface area contributed by atoms with Crippen molar-refractivity contribution in [1.82, 2.24) is 9.88 Å². The molecule has 136 valence electrons. The normalized spacial score (nSPS) is 14.4. The Morgan fingerprint density at radius 1 is 1.23 bits per heavy atom. The van der Waals surface area contributed by atoms with Gasteiger partial charge in [0.2, 0.25) is 0 Å². The number of rotatable bonds is 4. The molecule has 0 saturated carbocycles. The Kier molecular flexibility index (Phi) is 5.63. The molecular weight excluding hydrogens is 376 g/mol. The second-order valence-electron chi connectivity index (χ2n) is 5.76. The SMILES string of the molecule is CSc1ccc(Cl)c(C(=O)N2CCN(c3ccc([N+](=O)[O-])cn3)CC2)c1. The number of carbonyl (C=O) groups excluding carboxylic acids is 1. The molecule has 26 heavy (non-hydrogen) atoms. The monoisotopic (exact) mass is 392 g/mol. The van der Waals surface area contributed by atoms with E-state index in [-0.39, 0.29) is 11.6 Å². The van der Waals surface area contributed by atoms with E-state index in [2.05, 4.69) is 4.98 Å². The molecule has 2 aromatic rings. The quantitative estimate of drug-likeness (QED) is 0.451. The minimum atomic E-state index is -0.472. The van der Waals surface area contributed by atoms with Crippen LogP contribution in [0, 0.1) is 10.1 Å². The van der Waals surface area contributed by atoms with Crippen LogP contribution < -0.4 is 4.90 Å². The predicted molar refractivity (Wildman–Crippen MR) is 102 cm³/mol. The van der Waals surface area contributed by atoms with E-state index in [0.29, 0.717) is 42.6 Å². The lowest BCUT2D eigenvalue weighted by atomic mass is 10.1. The number of amides is 1. The lowest BCUT2D eigenvalue weighted by molar-refractivity contribution is -0.385. The summed E-state index contributed by atoms with van der Waals surface area (Å²) in [6, 6.07) is 8.53. The van der Waals surface area contributed by atoms with Crippen molar-refractivity contribution in [2.75, 3.05) is 37.3 Å². The maximum atomic E-state index is 12.8. The third-order valence-corrected chi connectivity index (χ3v) is 5.29. The van der Waals surface area contributed by atoms with Crippen LogP contribution >= 0.6 is 23.4 Å². The molecule has 1 amide bonds. The number of piperazine rings is 1. The highest BCUT2D eigenvalue weighted by molar-refractivity contribution is 7.98. The molecule has 1 aliphatic rings. The number of hydrogen-bond acceptors (Lipinski definition) is 6. The van der Waals surface area contributed by atoms with Crippen molar-refractivity contribution in [3.05, 3.63) is 57.2 Å². The molecule has 1 aromatic carbocycles. The summed E-state index contributed by atoms with van der Waals surface area (Å²) in [4.78, 5) is 31.9. The molecule has 0 spiro atoms. The zero-order valence-electron chi connectivity index (χ0n) is 14.1. The fourth-order valence-electron chi connectivity index (χ4n) is 2.78. The highest BCUT2D eigenvalue weighted by Gasteiger charge is 2.24. The number of nitrogens with zero attached hydrogens (tertiary/aromatic N) is 4. The van der Waals surface area contributed by atoms with E-state index in [1.165, 1.54) is 12.3 Å². The molecule has 0 radical (unpaired) electrons. The molecule has 1 saturated heterocycles. The topological polar surface area (TPSA) is 79.6 Å². The molecule has 7 nitrogen and oxygen atoms in total. The van der Waals surface area contributed by atoms with Crippen LogP contribution in [0.4, 0.5) is 11.5 Å². The number of halogens is 1. The van der Waals surface area contributed by atoms with Crippen LogP contribution in [-0.4, -0.2) is 53.1 Å². The van der Waals surface area contributed by atoms with Crippen LogP contribution in [0.5, 0.6) is 0 Å². The lowest BCUT2D eigenvalue weighted by Crippen LogP contribution is -2.49. The van der Waals surface area contributed by atoms with Gasteiger partial charge in [-0.3, -0.25) is 14.9 Å². The molecule has 1 aliphatic heterocycles. The first-order valence-corrected chi connectivity index (χ1v) is 9.58. The summed E-state index contributed by atoms with van der Waals surface area (Å²) in [5.74, 6) is 0.590. The van der Waals surface area contributed by atoms with Gasteiger partial charge >= 0.3 is 0 Å². The number of nitro groups is 1. The molecule has 1 fully saturated rings. The van der Waals surface area contributed by atoms with Gasteiger partial charge in [0.05, 0.1) is 15.5 Å². The van der Waals surface area contributed by atoms with E-state index in [0.717, 1.165) is 4.90 Å². The van der Waals surface area contributed by atoms with E-state index < -0.39 is 4.92 Å². The standard InChI is InChI=1S/C17H17ClN4O3S/c1-26-13-3-4-15(18)14(10-13)17(23)21-8-6-20(7-9-21)16-5-2-12(11-19-16)22(24)25/h2-5,10-11H,6-9H2,1H3. The maximum absolute atomic E-state index is 12.8. The van der Waals surface area contributed by atoms with E-state index in [9.17, 15) is 14.9 Å². The Labute approximate surface area is 160 Å². The van der Waals surface area contributed by atoms with Crippen LogP contribution in [0.25, 0.3) is 0 Å². The molecule has 2 heterocycles. The van der Waals surface area contributed by atoms with E-state index in [1.54, 1.807) is 28.8 Å². The van der Waals surface area contributed by atoms with E-state index >= 15 is 0 Å². The number of carbonyl (C=O) groups is 1. The van der Waals surface area contributed by atoms with Crippen molar-refractivity contribution < 1.29 is 9.72 Å². The molecule has 1 aromatic heterocycles. The van der Waals surface area contributed by atoms with Gasteiger partial charge in [0.25, 0.3) is 11.6 Å². The van der Waals surface area contributed by atoms with Crippen LogP contribution in [0.15, 0.2) is 41.4 Å². The summed E-state index contributed by atoms with van der Waals surface area (Å²) in [5, 5.41) is 11.2. The van der Waals surface area contributed by atoms with Crippen LogP contribution in [0.3, 0.4) is 0 Å². The number of pyridine rings is 1. The van der Waals surface area contributed by atoms with E-state index in [1.807, 2.05) is 23.3 Å². The third kappa shape index (κ3) is 3.91. The summed E-state index contributed by atoms with van der Waals surface area (Å²) in [5.41, 5.74) is 0.478. The van der Waals surface area contributed by atoms with Gasteiger partial charge in [-0.25, -0.2) is 4.98 Å². The highest BCUT2D eigenvalue weighted by Crippen LogP contribution is 2.25.